The van der Waals surface area contributed by atoms with Crippen molar-refractivity contribution in [3.63, 3.8) is 0 Å². The van der Waals surface area contributed by atoms with Crippen LogP contribution in [0.3, 0.4) is 0 Å². The molecule has 1 atom stereocenters. The first kappa shape index (κ1) is 13.0. The molecule has 0 spiro atoms. The van der Waals surface area contributed by atoms with E-state index >= 15 is 0 Å². The Kier molecular flexibility index (Phi) is 3.20. The fourth-order valence-electron chi connectivity index (χ4n) is 2.24. The van der Waals surface area contributed by atoms with Crippen molar-refractivity contribution >= 4 is 16.6 Å². The van der Waals surface area contributed by atoms with E-state index in [4.69, 9.17) is 0 Å². The van der Waals surface area contributed by atoms with Crippen molar-refractivity contribution in [1.82, 2.24) is 25.0 Å². The van der Waals surface area contributed by atoms with Gasteiger partial charge in [-0.25, -0.2) is 0 Å². The van der Waals surface area contributed by atoms with Crippen LogP contribution in [0.1, 0.15) is 24.5 Å². The van der Waals surface area contributed by atoms with Crippen molar-refractivity contribution in [3.8, 4) is 6.07 Å². The Balaban J connectivity index is 2.07. The molecule has 7 nitrogen and oxygen atoms in total. The molecule has 0 aliphatic carbocycles. The number of benzene rings is 1. The van der Waals surface area contributed by atoms with Crippen molar-refractivity contribution in [1.29, 1.82) is 5.26 Å². The largest absolute Gasteiger partial charge is 0.372 e. The molecule has 0 bridgehead atoms. The van der Waals surface area contributed by atoms with E-state index in [0.717, 1.165) is 16.7 Å². The van der Waals surface area contributed by atoms with Crippen LogP contribution in [0.4, 0.5) is 5.69 Å². The molecule has 0 saturated carbocycles. The Morgan fingerprint density at radius 2 is 2.05 bits per heavy atom. The van der Waals surface area contributed by atoms with E-state index in [1.165, 1.54) is 0 Å². The summed E-state index contributed by atoms with van der Waals surface area (Å²) in [6, 6.07) is 9.53. The fraction of sp³-hybridized carbons (Fsp3) is 0.214. The zero-order valence-corrected chi connectivity index (χ0v) is 11.6. The molecule has 7 heteroatoms. The Labute approximate surface area is 121 Å². The molecule has 0 saturated heterocycles. The predicted molar refractivity (Wildman–Crippen MR) is 77.3 cm³/mol. The monoisotopic (exact) mass is 279 g/mol. The van der Waals surface area contributed by atoms with Crippen LogP contribution in [-0.4, -0.2) is 25.0 Å². The summed E-state index contributed by atoms with van der Waals surface area (Å²) in [5.74, 6) is 0.778. The average Bonchev–Trinajstić information content (AvgIpc) is 2.94. The lowest BCUT2D eigenvalue weighted by atomic mass is 10.1. The number of aryl methyl sites for hydroxylation is 1. The molecular weight excluding hydrogens is 266 g/mol. The predicted octanol–water partition coefficient (Wildman–Crippen LogP) is 1.80. The first-order chi connectivity index (χ1) is 10.2. The van der Waals surface area contributed by atoms with E-state index in [9.17, 15) is 5.26 Å². The molecule has 0 aliphatic rings. The average molecular weight is 279 g/mol. The number of aromatic nitrogens is 5. The van der Waals surface area contributed by atoms with Crippen LogP contribution < -0.4 is 5.32 Å². The van der Waals surface area contributed by atoms with Gasteiger partial charge in [0.1, 0.15) is 12.4 Å². The van der Waals surface area contributed by atoms with Crippen LogP contribution in [0, 0.1) is 11.3 Å². The van der Waals surface area contributed by atoms with E-state index in [1.54, 1.807) is 6.33 Å². The number of hydrogen-bond donors (Lipinski definition) is 1. The first-order valence-electron chi connectivity index (χ1n) is 6.46. The van der Waals surface area contributed by atoms with Gasteiger partial charge >= 0.3 is 0 Å². The summed E-state index contributed by atoms with van der Waals surface area (Å²) in [4.78, 5) is 0. The highest BCUT2D eigenvalue weighted by atomic mass is 15.3. The number of rotatable bonds is 3. The summed E-state index contributed by atoms with van der Waals surface area (Å²) in [6.07, 6.45) is 1.64. The lowest BCUT2D eigenvalue weighted by Gasteiger charge is -2.16. The highest BCUT2D eigenvalue weighted by Gasteiger charge is 2.16. The Hall–Kier alpha value is -3.01. The second-order valence-electron chi connectivity index (χ2n) is 4.72. The van der Waals surface area contributed by atoms with Gasteiger partial charge in [-0.2, -0.15) is 5.26 Å². The van der Waals surface area contributed by atoms with Crippen molar-refractivity contribution in [3.05, 3.63) is 42.1 Å². The van der Waals surface area contributed by atoms with Crippen LogP contribution in [0.25, 0.3) is 10.9 Å². The number of fused-ring (bicyclic) bond motifs is 1. The van der Waals surface area contributed by atoms with Crippen molar-refractivity contribution in [2.24, 2.45) is 7.05 Å². The highest BCUT2D eigenvalue weighted by Crippen LogP contribution is 2.27. The van der Waals surface area contributed by atoms with Gasteiger partial charge in [-0.3, -0.25) is 0 Å². The molecule has 1 unspecified atom stereocenters. The molecule has 3 aromatic rings. The minimum atomic E-state index is -0.114. The maximum atomic E-state index is 9.25. The van der Waals surface area contributed by atoms with Gasteiger partial charge in [-0.1, -0.05) is 18.2 Å². The molecule has 21 heavy (non-hydrogen) atoms. The van der Waals surface area contributed by atoms with E-state index in [0.29, 0.717) is 5.69 Å². The van der Waals surface area contributed by atoms with E-state index in [1.807, 2.05) is 42.8 Å². The zero-order chi connectivity index (χ0) is 14.8. The first-order valence-corrected chi connectivity index (χ1v) is 6.46. The van der Waals surface area contributed by atoms with Crippen LogP contribution in [0.2, 0.25) is 0 Å². The maximum absolute atomic E-state index is 9.25. The lowest BCUT2D eigenvalue weighted by molar-refractivity contribution is 0.719. The number of anilines is 1. The Morgan fingerprint density at radius 1 is 1.24 bits per heavy atom. The van der Waals surface area contributed by atoms with Gasteiger partial charge in [0.2, 0.25) is 0 Å². The summed E-state index contributed by atoms with van der Waals surface area (Å²) < 4.78 is 1.83. The summed E-state index contributed by atoms with van der Waals surface area (Å²) in [7, 11) is 1.88. The van der Waals surface area contributed by atoms with Gasteiger partial charge < -0.3 is 9.88 Å². The van der Waals surface area contributed by atoms with Crippen LogP contribution in [0.15, 0.2) is 30.6 Å². The summed E-state index contributed by atoms with van der Waals surface area (Å²) in [6.45, 7) is 1.96. The third-order valence-corrected chi connectivity index (χ3v) is 3.27. The lowest BCUT2D eigenvalue weighted by Crippen LogP contribution is -2.13. The molecule has 2 heterocycles. The normalized spacial score (nSPS) is 12.0. The van der Waals surface area contributed by atoms with E-state index in [2.05, 4.69) is 31.8 Å². The maximum Gasteiger partial charge on any atom is 0.186 e. The third kappa shape index (κ3) is 2.27. The third-order valence-electron chi connectivity index (χ3n) is 3.27. The smallest absolute Gasteiger partial charge is 0.186 e. The SMILES string of the molecule is CC(Nc1c(C#N)nnc2ccccc12)c1nncn1C. The number of hydrogen-bond acceptors (Lipinski definition) is 6. The second kappa shape index (κ2) is 5.17. The molecule has 2 aromatic heterocycles. The summed E-state index contributed by atoms with van der Waals surface area (Å²) in [5, 5.41) is 29.4. The minimum absolute atomic E-state index is 0.114. The zero-order valence-electron chi connectivity index (χ0n) is 11.6. The molecule has 0 aliphatic heterocycles. The second-order valence-corrected chi connectivity index (χ2v) is 4.72. The molecular formula is C14H13N7. The van der Waals surface area contributed by atoms with Crippen molar-refractivity contribution in [2.75, 3.05) is 5.32 Å². The summed E-state index contributed by atoms with van der Waals surface area (Å²) >= 11 is 0. The molecule has 0 radical (unpaired) electrons. The molecule has 1 N–H and O–H groups in total. The van der Waals surface area contributed by atoms with Gasteiger partial charge in [0.05, 0.1) is 17.2 Å². The highest BCUT2D eigenvalue weighted by molar-refractivity contribution is 5.92. The van der Waals surface area contributed by atoms with Crippen molar-refractivity contribution < 1.29 is 0 Å². The van der Waals surface area contributed by atoms with E-state index < -0.39 is 0 Å². The Morgan fingerprint density at radius 3 is 2.76 bits per heavy atom. The number of nitriles is 1. The van der Waals surface area contributed by atoms with Gasteiger partial charge in [0.25, 0.3) is 0 Å². The molecule has 0 fully saturated rings. The quantitative estimate of drug-likeness (QED) is 0.786. The molecule has 0 amide bonds. The standard InChI is InChI=1S/C14H13N7/c1-9(14-20-16-8-21(14)2)17-13-10-5-3-4-6-11(10)18-19-12(13)7-15/h3-6,8-9H,1-2H3,(H,17,18). The van der Waals surface area contributed by atoms with Gasteiger partial charge in [0.15, 0.2) is 11.5 Å². The topological polar surface area (TPSA) is 92.3 Å². The molecule has 3 rings (SSSR count). The van der Waals surface area contributed by atoms with Gasteiger partial charge in [0, 0.05) is 12.4 Å². The van der Waals surface area contributed by atoms with Crippen LogP contribution >= 0.6 is 0 Å². The number of nitrogens with one attached hydrogen (secondary N) is 1. The van der Waals surface area contributed by atoms with E-state index in [-0.39, 0.29) is 11.7 Å². The van der Waals surface area contributed by atoms with Crippen LogP contribution in [-0.2, 0) is 7.05 Å². The molecule has 104 valence electrons. The van der Waals surface area contributed by atoms with Gasteiger partial charge in [-0.05, 0) is 13.0 Å². The molecule has 1 aromatic carbocycles. The summed E-state index contributed by atoms with van der Waals surface area (Å²) in [5.41, 5.74) is 1.67. The fourth-order valence-corrected chi connectivity index (χ4v) is 2.24. The number of nitrogens with zero attached hydrogens (tertiary/aromatic N) is 6. The minimum Gasteiger partial charge on any atom is -0.372 e. The Bertz CT molecular complexity index is 831. The van der Waals surface area contributed by atoms with Crippen molar-refractivity contribution in [2.45, 2.75) is 13.0 Å². The van der Waals surface area contributed by atoms with Gasteiger partial charge in [-0.15, -0.1) is 20.4 Å². The van der Waals surface area contributed by atoms with Crippen LogP contribution in [0.5, 0.6) is 0 Å².